The lowest BCUT2D eigenvalue weighted by Gasteiger charge is -2.46. The molecule has 3 nitrogen and oxygen atoms in total. The van der Waals surface area contributed by atoms with Crippen molar-refractivity contribution in [2.45, 2.75) is 56.9 Å². The number of nitrogens with two attached hydrogens (primary N) is 1. The van der Waals surface area contributed by atoms with Crippen LogP contribution in [0.3, 0.4) is 0 Å². The van der Waals surface area contributed by atoms with Gasteiger partial charge >= 0.3 is 0 Å². The summed E-state index contributed by atoms with van der Waals surface area (Å²) in [7, 11) is 0. The van der Waals surface area contributed by atoms with Crippen molar-refractivity contribution in [2.75, 3.05) is 13.1 Å². The number of amides is 1. The Bertz CT molecular complexity index is 526. The molecule has 3 rings (SSSR count). The van der Waals surface area contributed by atoms with E-state index in [-0.39, 0.29) is 17.4 Å². The molecule has 0 unspecified atom stereocenters. The summed E-state index contributed by atoms with van der Waals surface area (Å²) in [4.78, 5) is 14.5. The second-order valence-electron chi connectivity index (χ2n) is 6.89. The predicted octanol–water partition coefficient (Wildman–Crippen LogP) is 2.62. The van der Waals surface area contributed by atoms with Crippen molar-refractivity contribution in [1.82, 2.24) is 4.90 Å². The van der Waals surface area contributed by atoms with Gasteiger partial charge in [-0.25, -0.2) is 0 Å². The molecule has 1 aromatic carbocycles. The van der Waals surface area contributed by atoms with Crippen LogP contribution in [0.25, 0.3) is 0 Å². The van der Waals surface area contributed by atoms with Crippen molar-refractivity contribution in [1.29, 1.82) is 0 Å². The summed E-state index contributed by atoms with van der Waals surface area (Å²) in [6.07, 6.45) is 6.44. The number of hydrogen-bond donors (Lipinski definition) is 1. The van der Waals surface area contributed by atoms with Crippen LogP contribution in [0.5, 0.6) is 0 Å². The quantitative estimate of drug-likeness (QED) is 0.908. The van der Waals surface area contributed by atoms with Crippen molar-refractivity contribution >= 4 is 5.91 Å². The zero-order valence-electron chi connectivity index (χ0n) is 13.0. The van der Waals surface area contributed by atoms with Gasteiger partial charge in [0, 0.05) is 31.0 Å². The molecule has 1 saturated heterocycles. The molecule has 1 amide bonds. The minimum Gasteiger partial charge on any atom is -0.342 e. The van der Waals surface area contributed by atoms with Crippen molar-refractivity contribution in [3.05, 3.63) is 35.4 Å². The fraction of sp³-hybridized carbons (Fsp3) is 0.611. The van der Waals surface area contributed by atoms with Gasteiger partial charge in [-0.2, -0.15) is 0 Å². The smallest absolute Gasteiger partial charge is 0.224 e. The van der Waals surface area contributed by atoms with E-state index >= 15 is 0 Å². The second-order valence-corrected chi connectivity index (χ2v) is 6.89. The molecule has 2 atom stereocenters. The standard InChI is InChI=1S/C18H26N2O/c1-14(19)12-17(21)20-11-5-10-18(13-20)9-4-7-15-6-2-3-8-16(15)18/h2-3,6,8,14H,4-5,7,9-13,19H2,1H3/t14-,18-/m0/s1. The molecule has 0 bridgehead atoms. The highest BCUT2D eigenvalue weighted by Crippen LogP contribution is 2.43. The molecule has 1 aliphatic heterocycles. The van der Waals surface area contributed by atoms with Crippen LogP contribution in [-0.2, 0) is 16.6 Å². The monoisotopic (exact) mass is 286 g/mol. The molecule has 1 aromatic rings. The average Bonchev–Trinajstić information content (AvgIpc) is 2.47. The zero-order chi connectivity index (χ0) is 14.9. The van der Waals surface area contributed by atoms with Crippen LogP contribution in [0.4, 0.5) is 0 Å². The van der Waals surface area contributed by atoms with Gasteiger partial charge in [0.05, 0.1) is 0 Å². The lowest BCUT2D eigenvalue weighted by molar-refractivity contribution is -0.133. The molecule has 21 heavy (non-hydrogen) atoms. The molecule has 1 heterocycles. The largest absolute Gasteiger partial charge is 0.342 e. The number of carbonyl (C=O) groups is 1. The van der Waals surface area contributed by atoms with Gasteiger partial charge in [-0.3, -0.25) is 4.79 Å². The molecule has 2 N–H and O–H groups in total. The maximum Gasteiger partial charge on any atom is 0.224 e. The number of piperidine rings is 1. The third-order valence-electron chi connectivity index (χ3n) is 5.12. The highest BCUT2D eigenvalue weighted by atomic mass is 16.2. The number of benzene rings is 1. The Balaban J connectivity index is 1.84. The first kappa shape index (κ1) is 14.6. The van der Waals surface area contributed by atoms with Gasteiger partial charge in [-0.1, -0.05) is 24.3 Å². The predicted molar refractivity (Wildman–Crippen MR) is 85.1 cm³/mol. The number of hydrogen-bond acceptors (Lipinski definition) is 2. The summed E-state index contributed by atoms with van der Waals surface area (Å²) in [6.45, 7) is 3.69. The third kappa shape index (κ3) is 2.84. The number of likely N-dealkylation sites (tertiary alicyclic amines) is 1. The molecule has 2 aliphatic rings. The maximum atomic E-state index is 12.4. The van der Waals surface area contributed by atoms with E-state index in [0.717, 1.165) is 19.5 Å². The fourth-order valence-electron chi connectivity index (χ4n) is 4.18. The Labute approximate surface area is 127 Å². The molecule has 0 saturated carbocycles. The summed E-state index contributed by atoms with van der Waals surface area (Å²) >= 11 is 0. The molecule has 1 aliphatic carbocycles. The first-order valence-corrected chi connectivity index (χ1v) is 8.22. The van der Waals surface area contributed by atoms with Crippen molar-refractivity contribution in [3.8, 4) is 0 Å². The normalized spacial score (nSPS) is 26.5. The topological polar surface area (TPSA) is 46.3 Å². The SMILES string of the molecule is C[C@H](N)CC(=O)N1CCC[C@@]2(CCCc3ccccc32)C1. The Morgan fingerprint density at radius 3 is 2.90 bits per heavy atom. The number of nitrogens with zero attached hydrogens (tertiary/aromatic N) is 1. The van der Waals surface area contributed by atoms with Gasteiger partial charge in [0.1, 0.15) is 0 Å². The van der Waals surface area contributed by atoms with Gasteiger partial charge in [0.2, 0.25) is 5.91 Å². The maximum absolute atomic E-state index is 12.4. The molecule has 0 radical (unpaired) electrons. The zero-order valence-corrected chi connectivity index (χ0v) is 13.0. The lowest BCUT2D eigenvalue weighted by atomic mass is 9.66. The van der Waals surface area contributed by atoms with E-state index in [1.165, 1.54) is 36.8 Å². The molecular weight excluding hydrogens is 260 g/mol. The van der Waals surface area contributed by atoms with Crippen LogP contribution in [0.2, 0.25) is 0 Å². The van der Waals surface area contributed by atoms with E-state index in [0.29, 0.717) is 6.42 Å². The summed E-state index contributed by atoms with van der Waals surface area (Å²) in [6, 6.07) is 8.79. The Morgan fingerprint density at radius 1 is 1.33 bits per heavy atom. The van der Waals surface area contributed by atoms with Gasteiger partial charge in [-0.15, -0.1) is 0 Å². The van der Waals surface area contributed by atoms with Crippen molar-refractivity contribution < 1.29 is 4.79 Å². The fourth-order valence-corrected chi connectivity index (χ4v) is 4.18. The van der Waals surface area contributed by atoms with Crippen LogP contribution in [-0.4, -0.2) is 29.9 Å². The van der Waals surface area contributed by atoms with Crippen LogP contribution in [0, 0.1) is 0 Å². The molecule has 1 fully saturated rings. The first-order chi connectivity index (χ1) is 10.1. The van der Waals surface area contributed by atoms with Crippen LogP contribution in [0.15, 0.2) is 24.3 Å². The number of rotatable bonds is 2. The van der Waals surface area contributed by atoms with E-state index in [4.69, 9.17) is 5.73 Å². The van der Waals surface area contributed by atoms with E-state index in [1.807, 2.05) is 6.92 Å². The number of carbonyl (C=O) groups excluding carboxylic acids is 1. The molecule has 0 aromatic heterocycles. The van der Waals surface area contributed by atoms with Crippen molar-refractivity contribution in [3.63, 3.8) is 0 Å². The highest BCUT2D eigenvalue weighted by Gasteiger charge is 2.41. The van der Waals surface area contributed by atoms with E-state index in [1.54, 1.807) is 0 Å². The second kappa shape index (κ2) is 5.80. The Kier molecular flexibility index (Phi) is 4.03. The minimum atomic E-state index is -0.0472. The lowest BCUT2D eigenvalue weighted by Crippen LogP contribution is -2.50. The van der Waals surface area contributed by atoms with Gasteiger partial charge in [-0.05, 0) is 50.2 Å². The van der Waals surface area contributed by atoms with Gasteiger partial charge in [0.25, 0.3) is 0 Å². The Hall–Kier alpha value is -1.35. The van der Waals surface area contributed by atoms with E-state index in [2.05, 4.69) is 29.2 Å². The van der Waals surface area contributed by atoms with Gasteiger partial charge < -0.3 is 10.6 Å². The average molecular weight is 286 g/mol. The van der Waals surface area contributed by atoms with E-state index in [9.17, 15) is 4.79 Å². The molecule has 3 heteroatoms. The van der Waals surface area contributed by atoms with Crippen LogP contribution >= 0.6 is 0 Å². The number of fused-ring (bicyclic) bond motifs is 2. The summed E-state index contributed by atoms with van der Waals surface area (Å²) < 4.78 is 0. The molecule has 1 spiro atoms. The highest BCUT2D eigenvalue weighted by molar-refractivity contribution is 5.77. The number of aryl methyl sites for hydroxylation is 1. The Morgan fingerprint density at radius 2 is 2.10 bits per heavy atom. The summed E-state index contributed by atoms with van der Waals surface area (Å²) in [5.74, 6) is 0.229. The molecular formula is C18H26N2O. The third-order valence-corrected chi connectivity index (χ3v) is 5.12. The summed E-state index contributed by atoms with van der Waals surface area (Å²) in [5.41, 5.74) is 8.98. The van der Waals surface area contributed by atoms with Gasteiger partial charge in [0.15, 0.2) is 0 Å². The first-order valence-electron chi connectivity index (χ1n) is 8.22. The minimum absolute atomic E-state index is 0.0472. The van der Waals surface area contributed by atoms with Crippen molar-refractivity contribution in [2.24, 2.45) is 5.73 Å². The summed E-state index contributed by atoms with van der Waals surface area (Å²) in [5, 5.41) is 0. The van der Waals surface area contributed by atoms with Crippen LogP contribution < -0.4 is 5.73 Å². The molecule has 114 valence electrons. The van der Waals surface area contributed by atoms with E-state index < -0.39 is 0 Å². The van der Waals surface area contributed by atoms with Crippen LogP contribution in [0.1, 0.15) is 50.2 Å².